The molecule has 112 valence electrons. The summed E-state index contributed by atoms with van der Waals surface area (Å²) >= 11 is 0. The van der Waals surface area contributed by atoms with Gasteiger partial charge in [0.05, 0.1) is 12.3 Å². The molecule has 0 amide bonds. The third-order valence-electron chi connectivity index (χ3n) is 3.84. The predicted octanol–water partition coefficient (Wildman–Crippen LogP) is 3.91. The lowest BCUT2D eigenvalue weighted by atomic mass is 10.1. The van der Waals surface area contributed by atoms with Gasteiger partial charge in [0.25, 0.3) is 0 Å². The van der Waals surface area contributed by atoms with Crippen molar-refractivity contribution in [1.29, 1.82) is 0 Å². The summed E-state index contributed by atoms with van der Waals surface area (Å²) in [6, 6.07) is 11.2. The standard InChI is InChI=1S/C18H24N2O/c1-13(2)9-10-21-18-17-6-4-3-5-14(17)11-16(20-18)12-19-15-7-8-15/h3-6,11,13,15,19H,7-10,12H2,1-2H3. The summed E-state index contributed by atoms with van der Waals surface area (Å²) in [6.45, 7) is 5.99. The van der Waals surface area contributed by atoms with Crippen LogP contribution in [-0.4, -0.2) is 17.6 Å². The van der Waals surface area contributed by atoms with Crippen LogP contribution in [0.25, 0.3) is 10.8 Å². The smallest absolute Gasteiger partial charge is 0.221 e. The Balaban J connectivity index is 1.79. The normalized spacial score (nSPS) is 14.8. The molecular weight excluding hydrogens is 260 g/mol. The number of nitrogens with one attached hydrogen (secondary N) is 1. The Morgan fingerprint density at radius 3 is 2.86 bits per heavy atom. The highest BCUT2D eigenvalue weighted by atomic mass is 16.5. The Kier molecular flexibility index (Phi) is 4.39. The van der Waals surface area contributed by atoms with Crippen molar-refractivity contribution in [2.45, 2.75) is 45.7 Å². The van der Waals surface area contributed by atoms with Gasteiger partial charge in [-0.3, -0.25) is 0 Å². The van der Waals surface area contributed by atoms with Gasteiger partial charge in [-0.05, 0) is 42.7 Å². The van der Waals surface area contributed by atoms with Crippen molar-refractivity contribution in [2.24, 2.45) is 5.92 Å². The van der Waals surface area contributed by atoms with Crippen molar-refractivity contribution in [2.75, 3.05) is 6.61 Å². The molecule has 0 saturated heterocycles. The van der Waals surface area contributed by atoms with Crippen LogP contribution in [0.5, 0.6) is 5.88 Å². The number of aromatic nitrogens is 1. The summed E-state index contributed by atoms with van der Waals surface area (Å²) in [4.78, 5) is 4.71. The first kappa shape index (κ1) is 14.3. The van der Waals surface area contributed by atoms with Gasteiger partial charge in [-0.1, -0.05) is 32.0 Å². The summed E-state index contributed by atoms with van der Waals surface area (Å²) in [5, 5.41) is 5.84. The minimum absolute atomic E-state index is 0.649. The Labute approximate surface area is 126 Å². The quantitative estimate of drug-likeness (QED) is 0.837. The number of nitrogens with zero attached hydrogens (tertiary/aromatic N) is 1. The summed E-state index contributed by atoms with van der Waals surface area (Å²) in [5.74, 6) is 1.43. The fourth-order valence-electron chi connectivity index (χ4n) is 2.35. The first-order chi connectivity index (χ1) is 10.2. The molecule has 0 aliphatic heterocycles. The van der Waals surface area contributed by atoms with E-state index >= 15 is 0 Å². The maximum absolute atomic E-state index is 5.95. The van der Waals surface area contributed by atoms with Crippen LogP contribution < -0.4 is 10.1 Å². The van der Waals surface area contributed by atoms with Gasteiger partial charge in [0.1, 0.15) is 0 Å². The number of pyridine rings is 1. The van der Waals surface area contributed by atoms with E-state index in [1.807, 2.05) is 6.07 Å². The molecule has 0 spiro atoms. The first-order valence-corrected chi connectivity index (χ1v) is 7.97. The topological polar surface area (TPSA) is 34.1 Å². The van der Waals surface area contributed by atoms with E-state index in [2.05, 4.69) is 43.4 Å². The number of hydrogen-bond acceptors (Lipinski definition) is 3. The van der Waals surface area contributed by atoms with Crippen LogP contribution in [0.15, 0.2) is 30.3 Å². The number of hydrogen-bond donors (Lipinski definition) is 1. The largest absolute Gasteiger partial charge is 0.477 e. The van der Waals surface area contributed by atoms with Gasteiger partial charge in [-0.15, -0.1) is 0 Å². The molecular formula is C18H24N2O. The number of benzene rings is 1. The van der Waals surface area contributed by atoms with Gasteiger partial charge in [0, 0.05) is 18.0 Å². The predicted molar refractivity (Wildman–Crippen MR) is 86.6 cm³/mol. The van der Waals surface area contributed by atoms with Crippen LogP contribution >= 0.6 is 0 Å². The van der Waals surface area contributed by atoms with Gasteiger partial charge in [0.2, 0.25) is 5.88 Å². The average Bonchev–Trinajstić information content (AvgIpc) is 3.29. The van der Waals surface area contributed by atoms with Crippen molar-refractivity contribution in [1.82, 2.24) is 10.3 Å². The molecule has 3 nitrogen and oxygen atoms in total. The molecule has 1 fully saturated rings. The third kappa shape index (κ3) is 3.94. The van der Waals surface area contributed by atoms with E-state index in [0.29, 0.717) is 12.0 Å². The van der Waals surface area contributed by atoms with Crippen LogP contribution in [0.4, 0.5) is 0 Å². The molecule has 2 aromatic rings. The molecule has 1 aromatic carbocycles. The van der Waals surface area contributed by atoms with Crippen molar-refractivity contribution in [3.05, 3.63) is 36.0 Å². The lowest BCUT2D eigenvalue weighted by Gasteiger charge is -2.12. The molecule has 0 unspecified atom stereocenters. The fourth-order valence-corrected chi connectivity index (χ4v) is 2.35. The second kappa shape index (κ2) is 6.44. The highest BCUT2D eigenvalue weighted by molar-refractivity contribution is 5.87. The molecule has 0 bridgehead atoms. The Morgan fingerprint density at radius 2 is 2.10 bits per heavy atom. The van der Waals surface area contributed by atoms with Crippen molar-refractivity contribution < 1.29 is 4.74 Å². The molecule has 1 saturated carbocycles. The van der Waals surface area contributed by atoms with E-state index < -0.39 is 0 Å². The summed E-state index contributed by atoms with van der Waals surface area (Å²) in [5.41, 5.74) is 1.07. The zero-order chi connectivity index (χ0) is 14.7. The second-order valence-electron chi connectivity index (χ2n) is 6.33. The molecule has 21 heavy (non-hydrogen) atoms. The van der Waals surface area contributed by atoms with E-state index in [1.54, 1.807) is 0 Å². The minimum atomic E-state index is 0.649. The SMILES string of the molecule is CC(C)CCOc1nc(CNC2CC2)cc2ccccc12. The van der Waals surface area contributed by atoms with Gasteiger partial charge in [-0.25, -0.2) is 4.98 Å². The van der Waals surface area contributed by atoms with E-state index in [4.69, 9.17) is 9.72 Å². The maximum atomic E-state index is 5.95. The highest BCUT2D eigenvalue weighted by Crippen LogP contribution is 2.26. The first-order valence-electron chi connectivity index (χ1n) is 7.97. The van der Waals surface area contributed by atoms with E-state index in [0.717, 1.165) is 36.5 Å². The average molecular weight is 284 g/mol. The molecule has 1 aliphatic carbocycles. The van der Waals surface area contributed by atoms with Crippen LogP contribution in [0.1, 0.15) is 38.8 Å². The number of ether oxygens (including phenoxy) is 1. The van der Waals surface area contributed by atoms with Crippen molar-refractivity contribution in [3.63, 3.8) is 0 Å². The Hall–Kier alpha value is -1.61. The molecule has 1 N–H and O–H groups in total. The molecule has 3 heteroatoms. The molecule has 3 rings (SSSR count). The molecule has 1 aliphatic rings. The zero-order valence-electron chi connectivity index (χ0n) is 12.9. The van der Waals surface area contributed by atoms with Crippen LogP contribution in [0.2, 0.25) is 0 Å². The van der Waals surface area contributed by atoms with Crippen LogP contribution in [-0.2, 0) is 6.54 Å². The molecule has 1 heterocycles. The summed E-state index contributed by atoms with van der Waals surface area (Å²) in [6.07, 6.45) is 3.65. The highest BCUT2D eigenvalue weighted by Gasteiger charge is 2.20. The summed E-state index contributed by atoms with van der Waals surface area (Å²) < 4.78 is 5.95. The number of fused-ring (bicyclic) bond motifs is 1. The fraction of sp³-hybridized carbons (Fsp3) is 0.500. The van der Waals surface area contributed by atoms with Crippen molar-refractivity contribution >= 4 is 10.8 Å². The van der Waals surface area contributed by atoms with Gasteiger partial charge < -0.3 is 10.1 Å². The lowest BCUT2D eigenvalue weighted by molar-refractivity contribution is 0.282. The van der Waals surface area contributed by atoms with Crippen LogP contribution in [0, 0.1) is 5.92 Å². The van der Waals surface area contributed by atoms with Gasteiger partial charge >= 0.3 is 0 Å². The zero-order valence-corrected chi connectivity index (χ0v) is 12.9. The second-order valence-corrected chi connectivity index (χ2v) is 6.33. The molecule has 0 radical (unpaired) electrons. The molecule has 1 aromatic heterocycles. The summed E-state index contributed by atoms with van der Waals surface area (Å²) in [7, 11) is 0. The van der Waals surface area contributed by atoms with E-state index in [1.165, 1.54) is 18.2 Å². The monoisotopic (exact) mass is 284 g/mol. The maximum Gasteiger partial charge on any atom is 0.221 e. The van der Waals surface area contributed by atoms with Crippen LogP contribution in [0.3, 0.4) is 0 Å². The Bertz CT molecular complexity index is 605. The van der Waals surface area contributed by atoms with Crippen molar-refractivity contribution in [3.8, 4) is 5.88 Å². The minimum Gasteiger partial charge on any atom is -0.477 e. The third-order valence-corrected chi connectivity index (χ3v) is 3.84. The van der Waals surface area contributed by atoms with E-state index in [9.17, 15) is 0 Å². The molecule has 0 atom stereocenters. The Morgan fingerprint density at radius 1 is 1.29 bits per heavy atom. The van der Waals surface area contributed by atoms with Gasteiger partial charge in [0.15, 0.2) is 0 Å². The number of rotatable bonds is 7. The lowest BCUT2D eigenvalue weighted by Crippen LogP contribution is -2.16. The van der Waals surface area contributed by atoms with Gasteiger partial charge in [-0.2, -0.15) is 0 Å². The van der Waals surface area contributed by atoms with E-state index in [-0.39, 0.29) is 0 Å².